The number of nitrogens with one attached hydrogen (secondary N) is 2. The lowest BCUT2D eigenvalue weighted by Gasteiger charge is -2.10. The number of rotatable bonds is 6. The van der Waals surface area contributed by atoms with Crippen LogP contribution in [0.1, 0.15) is 12.8 Å². The molecule has 6 heteroatoms. The van der Waals surface area contributed by atoms with Gasteiger partial charge in [-0.05, 0) is 55.6 Å². The van der Waals surface area contributed by atoms with Gasteiger partial charge in [0.25, 0.3) is 0 Å². The van der Waals surface area contributed by atoms with E-state index in [0.717, 1.165) is 22.7 Å². The van der Waals surface area contributed by atoms with E-state index in [0.29, 0.717) is 16.3 Å². The molecule has 0 unspecified atom stereocenters. The summed E-state index contributed by atoms with van der Waals surface area (Å²) in [5.74, 6) is 0.241. The van der Waals surface area contributed by atoms with Gasteiger partial charge in [0.2, 0.25) is 5.91 Å². The minimum atomic E-state index is -0.348. The first kappa shape index (κ1) is 16.2. The number of carbonyl (C=O) groups excluding carboxylic acids is 1. The summed E-state index contributed by atoms with van der Waals surface area (Å²) in [6.45, 7) is 1.13. The Morgan fingerprint density at radius 2 is 2.08 bits per heavy atom. The molecule has 0 aliphatic heterocycles. The first-order valence-corrected chi connectivity index (χ1v) is 9.17. The SMILES string of the molecule is O=C(CNCC1CC1)Nc1ccc(F)cc1-c1nc2ccccc2s1. The minimum Gasteiger partial charge on any atom is -0.324 e. The van der Waals surface area contributed by atoms with E-state index in [2.05, 4.69) is 15.6 Å². The Labute approximate surface area is 149 Å². The summed E-state index contributed by atoms with van der Waals surface area (Å²) in [6, 6.07) is 12.1. The van der Waals surface area contributed by atoms with Crippen molar-refractivity contribution in [3.63, 3.8) is 0 Å². The van der Waals surface area contributed by atoms with Gasteiger partial charge in [-0.1, -0.05) is 12.1 Å². The zero-order valence-electron chi connectivity index (χ0n) is 13.6. The highest BCUT2D eigenvalue weighted by Crippen LogP contribution is 2.35. The van der Waals surface area contributed by atoms with Crippen LogP contribution in [0.4, 0.5) is 10.1 Å². The van der Waals surface area contributed by atoms with Crippen LogP contribution in [-0.4, -0.2) is 24.0 Å². The quantitative estimate of drug-likeness (QED) is 0.702. The molecule has 1 amide bonds. The second-order valence-electron chi connectivity index (χ2n) is 6.30. The normalized spacial score (nSPS) is 14.0. The Hall–Kier alpha value is -2.31. The molecule has 25 heavy (non-hydrogen) atoms. The molecule has 1 aromatic heterocycles. The van der Waals surface area contributed by atoms with E-state index in [4.69, 9.17) is 0 Å². The predicted molar refractivity (Wildman–Crippen MR) is 99.2 cm³/mol. The number of para-hydroxylation sites is 1. The molecule has 0 radical (unpaired) electrons. The van der Waals surface area contributed by atoms with E-state index in [-0.39, 0.29) is 18.3 Å². The molecule has 1 heterocycles. The fourth-order valence-corrected chi connectivity index (χ4v) is 3.69. The maximum absolute atomic E-state index is 13.8. The molecule has 1 aliphatic carbocycles. The highest BCUT2D eigenvalue weighted by atomic mass is 32.1. The summed E-state index contributed by atoms with van der Waals surface area (Å²) in [7, 11) is 0. The van der Waals surface area contributed by atoms with Gasteiger partial charge in [-0.2, -0.15) is 0 Å². The largest absolute Gasteiger partial charge is 0.324 e. The third-order valence-corrected chi connectivity index (χ3v) is 5.27. The van der Waals surface area contributed by atoms with Gasteiger partial charge >= 0.3 is 0 Å². The second-order valence-corrected chi connectivity index (χ2v) is 7.33. The van der Waals surface area contributed by atoms with Crippen molar-refractivity contribution in [2.75, 3.05) is 18.4 Å². The fourth-order valence-electron chi connectivity index (χ4n) is 2.70. The molecule has 128 valence electrons. The lowest BCUT2D eigenvalue weighted by Crippen LogP contribution is -2.29. The van der Waals surface area contributed by atoms with Gasteiger partial charge in [-0.3, -0.25) is 4.79 Å². The monoisotopic (exact) mass is 355 g/mol. The highest BCUT2D eigenvalue weighted by molar-refractivity contribution is 7.21. The van der Waals surface area contributed by atoms with Crippen LogP contribution in [0.2, 0.25) is 0 Å². The summed E-state index contributed by atoms with van der Waals surface area (Å²) in [4.78, 5) is 16.7. The molecule has 1 aliphatic rings. The van der Waals surface area contributed by atoms with Crippen molar-refractivity contribution in [1.29, 1.82) is 0 Å². The molecule has 0 atom stereocenters. The van der Waals surface area contributed by atoms with Crippen LogP contribution in [0.5, 0.6) is 0 Å². The van der Waals surface area contributed by atoms with E-state index < -0.39 is 0 Å². The number of hydrogen-bond acceptors (Lipinski definition) is 4. The van der Waals surface area contributed by atoms with Gasteiger partial charge in [0, 0.05) is 5.56 Å². The van der Waals surface area contributed by atoms with E-state index in [1.807, 2.05) is 24.3 Å². The average molecular weight is 355 g/mol. The third kappa shape index (κ3) is 3.86. The number of carbonyl (C=O) groups is 1. The second kappa shape index (κ2) is 6.90. The van der Waals surface area contributed by atoms with E-state index in [9.17, 15) is 9.18 Å². The van der Waals surface area contributed by atoms with Crippen molar-refractivity contribution in [3.05, 3.63) is 48.3 Å². The van der Waals surface area contributed by atoms with Crippen molar-refractivity contribution in [2.24, 2.45) is 5.92 Å². The van der Waals surface area contributed by atoms with Gasteiger partial charge < -0.3 is 10.6 Å². The van der Waals surface area contributed by atoms with Gasteiger partial charge in [-0.25, -0.2) is 9.37 Å². The molecule has 0 saturated heterocycles. The number of aromatic nitrogens is 1. The fraction of sp³-hybridized carbons (Fsp3) is 0.263. The van der Waals surface area contributed by atoms with Gasteiger partial charge in [0.1, 0.15) is 10.8 Å². The standard InChI is InChI=1S/C19H18FN3OS/c20-13-7-8-15(22-18(24)11-21-10-12-5-6-12)14(9-13)19-23-16-3-1-2-4-17(16)25-19/h1-4,7-9,12,21H,5-6,10-11H2,(H,22,24). The number of thiazole rings is 1. The highest BCUT2D eigenvalue weighted by Gasteiger charge is 2.21. The topological polar surface area (TPSA) is 54.0 Å². The maximum Gasteiger partial charge on any atom is 0.238 e. The number of fused-ring (bicyclic) bond motifs is 1. The summed E-state index contributed by atoms with van der Waals surface area (Å²) in [6.07, 6.45) is 2.49. The van der Waals surface area contributed by atoms with Crippen molar-refractivity contribution in [3.8, 4) is 10.6 Å². The number of halogens is 1. The Morgan fingerprint density at radius 3 is 2.88 bits per heavy atom. The minimum absolute atomic E-state index is 0.130. The van der Waals surface area contributed by atoms with E-state index in [1.165, 1.54) is 36.3 Å². The van der Waals surface area contributed by atoms with Crippen LogP contribution in [0.15, 0.2) is 42.5 Å². The Kier molecular flexibility index (Phi) is 4.46. The van der Waals surface area contributed by atoms with Crippen LogP contribution in [-0.2, 0) is 4.79 Å². The molecule has 0 bridgehead atoms. The lowest BCUT2D eigenvalue weighted by molar-refractivity contribution is -0.115. The molecule has 2 N–H and O–H groups in total. The molecule has 0 spiro atoms. The van der Waals surface area contributed by atoms with Crippen LogP contribution < -0.4 is 10.6 Å². The number of hydrogen-bond donors (Lipinski definition) is 2. The Balaban J connectivity index is 1.56. The van der Waals surface area contributed by atoms with E-state index >= 15 is 0 Å². The molecule has 2 aromatic carbocycles. The average Bonchev–Trinajstić information content (AvgIpc) is 3.32. The zero-order valence-corrected chi connectivity index (χ0v) is 14.4. The van der Waals surface area contributed by atoms with Gasteiger partial charge in [-0.15, -0.1) is 11.3 Å². The van der Waals surface area contributed by atoms with Crippen molar-refractivity contribution < 1.29 is 9.18 Å². The number of benzene rings is 2. The van der Waals surface area contributed by atoms with Crippen molar-refractivity contribution in [1.82, 2.24) is 10.3 Å². The zero-order chi connectivity index (χ0) is 17.2. The Bertz CT molecular complexity index is 887. The predicted octanol–water partition coefficient (Wildman–Crippen LogP) is 4.04. The Morgan fingerprint density at radius 1 is 1.24 bits per heavy atom. The van der Waals surface area contributed by atoms with Crippen LogP contribution >= 0.6 is 11.3 Å². The van der Waals surface area contributed by atoms with Crippen LogP contribution in [0, 0.1) is 11.7 Å². The van der Waals surface area contributed by atoms with Crippen LogP contribution in [0.3, 0.4) is 0 Å². The molecule has 1 saturated carbocycles. The summed E-state index contributed by atoms with van der Waals surface area (Å²) in [5, 5.41) is 6.73. The molecular weight excluding hydrogens is 337 g/mol. The first-order chi connectivity index (χ1) is 12.2. The summed E-state index contributed by atoms with van der Waals surface area (Å²) >= 11 is 1.49. The van der Waals surface area contributed by atoms with Crippen molar-refractivity contribution >= 4 is 33.1 Å². The maximum atomic E-state index is 13.8. The lowest BCUT2D eigenvalue weighted by atomic mass is 10.1. The number of amides is 1. The smallest absolute Gasteiger partial charge is 0.238 e. The van der Waals surface area contributed by atoms with E-state index in [1.54, 1.807) is 6.07 Å². The van der Waals surface area contributed by atoms with Crippen LogP contribution in [0.25, 0.3) is 20.8 Å². The molecule has 4 rings (SSSR count). The molecular formula is C19H18FN3OS. The van der Waals surface area contributed by atoms with Crippen molar-refractivity contribution in [2.45, 2.75) is 12.8 Å². The molecule has 4 nitrogen and oxygen atoms in total. The molecule has 1 fully saturated rings. The number of anilines is 1. The molecule has 3 aromatic rings. The number of nitrogens with zero attached hydrogens (tertiary/aromatic N) is 1. The third-order valence-electron chi connectivity index (χ3n) is 4.20. The summed E-state index contributed by atoms with van der Waals surface area (Å²) < 4.78 is 14.8. The van der Waals surface area contributed by atoms with Gasteiger partial charge in [0.15, 0.2) is 0 Å². The summed E-state index contributed by atoms with van der Waals surface area (Å²) in [5.41, 5.74) is 2.06. The van der Waals surface area contributed by atoms with Gasteiger partial charge in [0.05, 0.1) is 22.4 Å². The first-order valence-electron chi connectivity index (χ1n) is 8.35.